The van der Waals surface area contributed by atoms with Crippen LogP contribution in [0.25, 0.3) is 0 Å². The predicted molar refractivity (Wildman–Crippen MR) is 61.6 cm³/mol. The predicted octanol–water partition coefficient (Wildman–Crippen LogP) is 2.49. The summed E-state index contributed by atoms with van der Waals surface area (Å²) in [6.07, 6.45) is 1.33. The van der Waals surface area contributed by atoms with Crippen LogP contribution in [0.2, 0.25) is 5.02 Å². The number of rotatable bonds is 3. The van der Waals surface area contributed by atoms with E-state index in [2.05, 4.69) is 4.99 Å². The summed E-state index contributed by atoms with van der Waals surface area (Å²) in [5.41, 5.74) is 0.110. The van der Waals surface area contributed by atoms with Crippen molar-refractivity contribution < 1.29 is 13.2 Å². The smallest absolute Gasteiger partial charge is 0.223 e. The largest absolute Gasteiger partial charge is 0.240 e. The van der Waals surface area contributed by atoms with Gasteiger partial charge in [-0.15, -0.1) is 0 Å². The summed E-state index contributed by atoms with van der Waals surface area (Å²) in [4.78, 5) is 13.6. The zero-order valence-electron chi connectivity index (χ0n) is 8.77. The molecule has 1 aromatic carbocycles. The van der Waals surface area contributed by atoms with Crippen molar-refractivity contribution in [2.24, 2.45) is 4.99 Å². The van der Waals surface area contributed by atoms with Gasteiger partial charge in [-0.3, -0.25) is 0 Å². The van der Waals surface area contributed by atoms with Crippen LogP contribution in [0, 0.1) is 0 Å². The quantitative estimate of drug-likeness (QED) is 0.619. The van der Waals surface area contributed by atoms with E-state index in [0.717, 1.165) is 0 Å². The molecular formula is C10H10ClNO3S. The van der Waals surface area contributed by atoms with E-state index in [1.54, 1.807) is 13.8 Å². The van der Waals surface area contributed by atoms with Crippen molar-refractivity contribution in [1.82, 2.24) is 0 Å². The molecule has 0 aliphatic carbocycles. The number of benzene rings is 1. The average Bonchev–Trinajstić information content (AvgIpc) is 2.21. The van der Waals surface area contributed by atoms with E-state index in [4.69, 9.17) is 11.6 Å². The fraction of sp³-hybridized carbons (Fsp3) is 0.300. The maximum atomic E-state index is 11.8. The number of carbonyl (C=O) groups excluding carboxylic acids is 1. The highest BCUT2D eigenvalue weighted by Crippen LogP contribution is 2.28. The molecular weight excluding hydrogens is 250 g/mol. The third-order valence-corrected chi connectivity index (χ3v) is 4.50. The Morgan fingerprint density at radius 1 is 1.38 bits per heavy atom. The van der Waals surface area contributed by atoms with Crippen LogP contribution in [0.4, 0.5) is 5.69 Å². The Balaban J connectivity index is 3.39. The fourth-order valence-corrected chi connectivity index (χ4v) is 2.31. The Hall–Kier alpha value is -1.16. The highest BCUT2D eigenvalue weighted by atomic mass is 35.5. The molecule has 1 rings (SSSR count). The summed E-state index contributed by atoms with van der Waals surface area (Å²) < 4.78 is 23.6. The van der Waals surface area contributed by atoms with Gasteiger partial charge in [0.15, 0.2) is 9.84 Å². The molecule has 4 nitrogen and oxygen atoms in total. The monoisotopic (exact) mass is 259 g/mol. The lowest BCUT2D eigenvalue weighted by Gasteiger charge is -2.08. The topological polar surface area (TPSA) is 63.6 Å². The lowest BCUT2D eigenvalue weighted by Crippen LogP contribution is -2.13. The Morgan fingerprint density at radius 3 is 2.50 bits per heavy atom. The number of isocyanates is 1. The summed E-state index contributed by atoms with van der Waals surface area (Å²) in [6, 6.07) is 4.05. The average molecular weight is 260 g/mol. The van der Waals surface area contributed by atoms with Gasteiger partial charge in [0.05, 0.1) is 20.9 Å². The van der Waals surface area contributed by atoms with Crippen LogP contribution >= 0.6 is 11.6 Å². The molecule has 0 saturated carbocycles. The summed E-state index contributed by atoms with van der Waals surface area (Å²) in [6.45, 7) is 3.15. The maximum absolute atomic E-state index is 11.8. The Labute approximate surface area is 98.9 Å². The molecule has 0 fully saturated rings. The number of sulfone groups is 1. The first-order chi connectivity index (χ1) is 7.39. The summed E-state index contributed by atoms with van der Waals surface area (Å²) in [7, 11) is -3.38. The van der Waals surface area contributed by atoms with E-state index in [1.807, 2.05) is 0 Å². The normalized spacial score (nSPS) is 11.2. The van der Waals surface area contributed by atoms with E-state index in [9.17, 15) is 13.2 Å². The lowest BCUT2D eigenvalue weighted by atomic mass is 10.3. The number of halogens is 1. The van der Waals surface area contributed by atoms with E-state index >= 15 is 0 Å². The molecule has 0 radical (unpaired) electrons. The second-order valence-electron chi connectivity index (χ2n) is 3.41. The van der Waals surface area contributed by atoms with Crippen LogP contribution in [0.1, 0.15) is 13.8 Å². The van der Waals surface area contributed by atoms with Crippen LogP contribution < -0.4 is 0 Å². The third-order valence-electron chi connectivity index (χ3n) is 2.03. The van der Waals surface area contributed by atoms with Gasteiger partial charge in [0.25, 0.3) is 0 Å². The van der Waals surface area contributed by atoms with Gasteiger partial charge in [-0.1, -0.05) is 11.6 Å². The number of nitrogens with zero attached hydrogens (tertiary/aromatic N) is 1. The molecule has 16 heavy (non-hydrogen) atoms. The van der Waals surface area contributed by atoms with Gasteiger partial charge in [0.2, 0.25) is 6.08 Å². The van der Waals surface area contributed by atoms with E-state index in [0.29, 0.717) is 0 Å². The number of hydrogen-bond donors (Lipinski definition) is 0. The minimum absolute atomic E-state index is 0.0981. The van der Waals surface area contributed by atoms with Crippen molar-refractivity contribution in [1.29, 1.82) is 0 Å². The van der Waals surface area contributed by atoms with Gasteiger partial charge in [0.1, 0.15) is 0 Å². The van der Waals surface area contributed by atoms with Crippen LogP contribution in [-0.4, -0.2) is 19.7 Å². The van der Waals surface area contributed by atoms with Gasteiger partial charge in [-0.05, 0) is 32.0 Å². The standard InChI is InChI=1S/C10H10ClNO3S/c1-7(2)16(14,15)8-3-4-9(11)10(5-8)12-6-13/h3-5,7H,1-2H3. The highest BCUT2D eigenvalue weighted by molar-refractivity contribution is 7.92. The molecule has 0 bridgehead atoms. The van der Waals surface area contributed by atoms with Gasteiger partial charge in [-0.2, -0.15) is 4.99 Å². The second-order valence-corrected chi connectivity index (χ2v) is 6.32. The van der Waals surface area contributed by atoms with E-state index in [1.165, 1.54) is 24.3 Å². The first kappa shape index (κ1) is 12.9. The Morgan fingerprint density at radius 2 is 2.00 bits per heavy atom. The first-order valence-corrected chi connectivity index (χ1v) is 6.43. The molecule has 1 aromatic rings. The summed E-state index contributed by atoms with van der Waals surface area (Å²) >= 11 is 5.74. The molecule has 0 N–H and O–H groups in total. The molecule has 0 amide bonds. The highest BCUT2D eigenvalue weighted by Gasteiger charge is 2.20. The maximum Gasteiger partial charge on any atom is 0.240 e. The second kappa shape index (κ2) is 4.78. The van der Waals surface area contributed by atoms with Gasteiger partial charge < -0.3 is 0 Å². The van der Waals surface area contributed by atoms with Crippen molar-refractivity contribution in [3.8, 4) is 0 Å². The van der Waals surface area contributed by atoms with Crippen molar-refractivity contribution >= 4 is 33.2 Å². The van der Waals surface area contributed by atoms with Gasteiger partial charge in [-0.25, -0.2) is 13.2 Å². The summed E-state index contributed by atoms with van der Waals surface area (Å²) in [5, 5.41) is -0.326. The molecule has 0 unspecified atom stereocenters. The summed E-state index contributed by atoms with van der Waals surface area (Å²) in [5.74, 6) is 0. The Kier molecular flexibility index (Phi) is 3.86. The first-order valence-electron chi connectivity index (χ1n) is 4.51. The number of aliphatic imine (C=N–C) groups is 1. The molecule has 0 aliphatic heterocycles. The zero-order chi connectivity index (χ0) is 12.3. The van der Waals surface area contributed by atoms with Crippen LogP contribution in [0.15, 0.2) is 28.1 Å². The van der Waals surface area contributed by atoms with Gasteiger partial charge >= 0.3 is 0 Å². The Bertz CT molecular complexity index is 545. The SMILES string of the molecule is CC(C)S(=O)(=O)c1ccc(Cl)c(N=C=O)c1. The molecule has 0 saturated heterocycles. The fourth-order valence-electron chi connectivity index (χ4n) is 1.08. The molecule has 0 aromatic heterocycles. The minimum Gasteiger partial charge on any atom is -0.223 e. The number of hydrogen-bond acceptors (Lipinski definition) is 4. The van der Waals surface area contributed by atoms with Crippen molar-refractivity contribution in [3.05, 3.63) is 23.2 Å². The minimum atomic E-state index is -3.38. The van der Waals surface area contributed by atoms with Crippen molar-refractivity contribution in [2.75, 3.05) is 0 Å². The van der Waals surface area contributed by atoms with Crippen LogP contribution in [0.3, 0.4) is 0 Å². The zero-order valence-corrected chi connectivity index (χ0v) is 10.3. The molecule has 86 valence electrons. The molecule has 0 spiro atoms. The van der Waals surface area contributed by atoms with Crippen molar-refractivity contribution in [2.45, 2.75) is 24.0 Å². The van der Waals surface area contributed by atoms with Crippen LogP contribution in [-0.2, 0) is 14.6 Å². The van der Waals surface area contributed by atoms with E-state index < -0.39 is 15.1 Å². The third kappa shape index (κ3) is 2.50. The lowest BCUT2D eigenvalue weighted by molar-refractivity contribution is 0.565. The van der Waals surface area contributed by atoms with Crippen LogP contribution in [0.5, 0.6) is 0 Å². The molecule has 6 heteroatoms. The van der Waals surface area contributed by atoms with Gasteiger partial charge in [0, 0.05) is 0 Å². The molecule has 0 heterocycles. The van der Waals surface area contributed by atoms with Crippen molar-refractivity contribution in [3.63, 3.8) is 0 Å². The van der Waals surface area contributed by atoms with E-state index in [-0.39, 0.29) is 15.6 Å². The molecule has 0 aliphatic rings. The molecule has 0 atom stereocenters.